The number of hydrogen-bond acceptors (Lipinski definition) is 6. The number of pyridine rings is 1. The molecule has 0 aromatic carbocycles. The number of allylic oxidation sites excluding steroid dienone is 3. The Labute approximate surface area is 224 Å². The normalized spacial score (nSPS) is 28.0. The number of likely N-dealkylation sites (tertiary alicyclic amines) is 2. The number of carbonyl (C=O) groups excluding carboxylic acids is 3. The summed E-state index contributed by atoms with van der Waals surface area (Å²) in [6.07, 6.45) is 11.8. The van der Waals surface area contributed by atoms with Crippen molar-refractivity contribution in [2.24, 2.45) is 23.7 Å². The topological polar surface area (TPSA) is 108 Å². The van der Waals surface area contributed by atoms with E-state index in [1.165, 1.54) is 16.6 Å². The molecular formula is C28H36N4O5S. The monoisotopic (exact) mass is 540 g/mol. The Hall–Kier alpha value is -2.85. The summed E-state index contributed by atoms with van der Waals surface area (Å²) < 4.78 is 27.7. The Morgan fingerprint density at radius 3 is 2.55 bits per heavy atom. The van der Waals surface area contributed by atoms with Crippen molar-refractivity contribution in [3.8, 4) is 0 Å². The highest BCUT2D eigenvalue weighted by Crippen LogP contribution is 2.36. The van der Waals surface area contributed by atoms with Crippen LogP contribution < -0.4 is 0 Å². The largest absolute Gasteiger partial charge is 0.342 e. The molecule has 5 atom stereocenters. The average Bonchev–Trinajstić information content (AvgIpc) is 3.49. The van der Waals surface area contributed by atoms with Gasteiger partial charge in [0.1, 0.15) is 6.04 Å². The maximum Gasteiger partial charge on any atom is 0.261 e. The first-order chi connectivity index (χ1) is 18.2. The van der Waals surface area contributed by atoms with E-state index in [0.29, 0.717) is 44.3 Å². The third kappa shape index (κ3) is 5.08. The van der Waals surface area contributed by atoms with Gasteiger partial charge in [-0.2, -0.15) is 4.31 Å². The van der Waals surface area contributed by atoms with Gasteiger partial charge < -0.3 is 9.80 Å². The first kappa shape index (κ1) is 26.7. The number of hydrogen-bond donors (Lipinski definition) is 0. The summed E-state index contributed by atoms with van der Waals surface area (Å²) in [5.41, 5.74) is 0. The number of ketones is 1. The summed E-state index contributed by atoms with van der Waals surface area (Å²) in [6.45, 7) is 5.38. The van der Waals surface area contributed by atoms with Crippen LogP contribution in [0, 0.1) is 23.7 Å². The molecule has 1 aromatic heterocycles. The van der Waals surface area contributed by atoms with Crippen molar-refractivity contribution in [1.29, 1.82) is 0 Å². The third-order valence-corrected chi connectivity index (χ3v) is 10.1. The molecule has 1 aromatic rings. The summed E-state index contributed by atoms with van der Waals surface area (Å²) in [5.74, 6) is -0.132. The van der Waals surface area contributed by atoms with Crippen LogP contribution in [0.25, 0.3) is 0 Å². The molecule has 5 rings (SSSR count). The van der Waals surface area contributed by atoms with Gasteiger partial charge in [0.25, 0.3) is 10.0 Å². The highest BCUT2D eigenvalue weighted by molar-refractivity contribution is 7.89. The van der Waals surface area contributed by atoms with Crippen LogP contribution in [0.2, 0.25) is 0 Å². The molecule has 10 heteroatoms. The smallest absolute Gasteiger partial charge is 0.261 e. The maximum atomic E-state index is 13.8. The minimum atomic E-state index is -3.97. The van der Waals surface area contributed by atoms with Crippen molar-refractivity contribution < 1.29 is 22.8 Å². The number of fused-ring (bicyclic) bond motifs is 2. The van der Waals surface area contributed by atoms with E-state index < -0.39 is 28.0 Å². The number of aromatic nitrogens is 1. The number of nitrogens with zero attached hydrogens (tertiary/aromatic N) is 4. The Bertz CT molecular complexity index is 1240. The SMILES string of the molecule is CC(C)CC(CC(=O)N1CCC2C=CC=CC2C1)C(=O)N1CCC2C1C(=O)CN2S(=O)(=O)c1ccccn1. The van der Waals surface area contributed by atoms with Gasteiger partial charge in [0.15, 0.2) is 10.8 Å². The van der Waals surface area contributed by atoms with E-state index in [2.05, 4.69) is 23.2 Å². The molecule has 0 bridgehead atoms. The number of sulfonamides is 1. The van der Waals surface area contributed by atoms with Crippen molar-refractivity contribution >= 4 is 27.6 Å². The molecule has 0 saturated carbocycles. The van der Waals surface area contributed by atoms with Gasteiger partial charge in [0.2, 0.25) is 11.8 Å². The Kier molecular flexibility index (Phi) is 7.55. The molecule has 3 saturated heterocycles. The molecule has 204 valence electrons. The predicted octanol–water partition coefficient (Wildman–Crippen LogP) is 2.27. The first-order valence-electron chi connectivity index (χ1n) is 13.6. The van der Waals surface area contributed by atoms with E-state index in [1.54, 1.807) is 17.0 Å². The molecular weight excluding hydrogens is 504 g/mol. The maximum absolute atomic E-state index is 13.8. The molecule has 3 aliphatic heterocycles. The Balaban J connectivity index is 1.30. The number of rotatable bonds is 7. The lowest BCUT2D eigenvalue weighted by Gasteiger charge is -2.38. The molecule has 0 N–H and O–H groups in total. The number of amides is 2. The second kappa shape index (κ2) is 10.7. The predicted molar refractivity (Wildman–Crippen MR) is 141 cm³/mol. The fourth-order valence-corrected chi connectivity index (χ4v) is 8.02. The standard InChI is InChI=1S/C28H36N4O5S/c1-19(2)15-22(16-26(34)30-13-10-20-7-3-4-8-21(20)17-30)28(35)31-14-11-23-27(31)24(33)18-32(23)38(36,37)25-9-5-6-12-29-25/h3-9,12,19-23,27H,10-11,13-18H2,1-2H3. The van der Waals surface area contributed by atoms with Crippen LogP contribution in [0.3, 0.4) is 0 Å². The summed E-state index contributed by atoms with van der Waals surface area (Å²) in [5, 5.41) is -0.103. The second-order valence-corrected chi connectivity index (χ2v) is 13.1. The van der Waals surface area contributed by atoms with E-state index in [1.807, 2.05) is 24.8 Å². The summed E-state index contributed by atoms with van der Waals surface area (Å²) in [6, 6.07) is 3.21. The van der Waals surface area contributed by atoms with Crippen LogP contribution in [-0.2, 0) is 24.4 Å². The van der Waals surface area contributed by atoms with Gasteiger partial charge in [-0.05, 0) is 43.2 Å². The highest BCUT2D eigenvalue weighted by atomic mass is 32.2. The second-order valence-electron chi connectivity index (χ2n) is 11.3. The van der Waals surface area contributed by atoms with Crippen LogP contribution >= 0.6 is 0 Å². The summed E-state index contributed by atoms with van der Waals surface area (Å²) in [7, 11) is -3.97. The Morgan fingerprint density at radius 1 is 1.08 bits per heavy atom. The quantitative estimate of drug-likeness (QED) is 0.525. The fourth-order valence-electron chi connectivity index (χ4n) is 6.46. The fraction of sp³-hybridized carbons (Fsp3) is 0.571. The molecule has 3 fully saturated rings. The van der Waals surface area contributed by atoms with Gasteiger partial charge >= 0.3 is 0 Å². The molecule has 9 nitrogen and oxygen atoms in total. The highest BCUT2D eigenvalue weighted by Gasteiger charge is 2.54. The van der Waals surface area contributed by atoms with E-state index in [-0.39, 0.29) is 41.5 Å². The van der Waals surface area contributed by atoms with Crippen LogP contribution in [0.15, 0.2) is 53.7 Å². The Morgan fingerprint density at radius 2 is 1.84 bits per heavy atom. The summed E-state index contributed by atoms with van der Waals surface area (Å²) in [4.78, 5) is 47.7. The van der Waals surface area contributed by atoms with Gasteiger partial charge in [-0.25, -0.2) is 13.4 Å². The van der Waals surface area contributed by atoms with Crippen molar-refractivity contribution in [3.63, 3.8) is 0 Å². The van der Waals surface area contributed by atoms with E-state index in [0.717, 1.165) is 6.42 Å². The summed E-state index contributed by atoms with van der Waals surface area (Å²) >= 11 is 0. The zero-order chi connectivity index (χ0) is 27.0. The molecule has 38 heavy (non-hydrogen) atoms. The van der Waals surface area contributed by atoms with Crippen LogP contribution in [0.5, 0.6) is 0 Å². The minimum Gasteiger partial charge on any atom is -0.342 e. The lowest BCUT2D eigenvalue weighted by molar-refractivity contribution is -0.144. The number of piperidine rings is 1. The third-order valence-electron chi connectivity index (χ3n) is 8.29. The van der Waals surface area contributed by atoms with Gasteiger partial charge in [-0.3, -0.25) is 14.4 Å². The van der Waals surface area contributed by atoms with Crippen LogP contribution in [-0.4, -0.2) is 83.4 Å². The van der Waals surface area contributed by atoms with Crippen LogP contribution in [0.4, 0.5) is 0 Å². The molecule has 5 unspecified atom stereocenters. The molecule has 4 heterocycles. The zero-order valence-corrected chi connectivity index (χ0v) is 22.8. The number of Topliss-reactive ketones (excluding diaryl/α,β-unsaturated/α-hetero) is 1. The van der Waals surface area contributed by atoms with E-state index in [4.69, 9.17) is 0 Å². The lowest BCUT2D eigenvalue weighted by Crippen LogP contribution is -2.48. The zero-order valence-electron chi connectivity index (χ0n) is 22.0. The van der Waals surface area contributed by atoms with Gasteiger partial charge in [0.05, 0.1) is 12.6 Å². The number of carbonyl (C=O) groups is 3. The van der Waals surface area contributed by atoms with Crippen molar-refractivity contribution in [2.75, 3.05) is 26.2 Å². The molecule has 4 aliphatic rings. The van der Waals surface area contributed by atoms with Crippen molar-refractivity contribution in [2.45, 2.75) is 56.6 Å². The van der Waals surface area contributed by atoms with Gasteiger partial charge in [-0.1, -0.05) is 44.2 Å². The minimum absolute atomic E-state index is 0.0294. The van der Waals surface area contributed by atoms with Gasteiger partial charge in [0, 0.05) is 44.1 Å². The van der Waals surface area contributed by atoms with E-state index in [9.17, 15) is 22.8 Å². The molecule has 0 radical (unpaired) electrons. The average molecular weight is 541 g/mol. The molecule has 2 amide bonds. The molecule has 0 spiro atoms. The lowest BCUT2D eigenvalue weighted by atomic mass is 9.82. The first-order valence-corrected chi connectivity index (χ1v) is 15.0. The van der Waals surface area contributed by atoms with Crippen LogP contribution in [0.1, 0.15) is 39.5 Å². The molecule has 1 aliphatic carbocycles. The van der Waals surface area contributed by atoms with E-state index >= 15 is 0 Å². The van der Waals surface area contributed by atoms with Crippen molar-refractivity contribution in [3.05, 3.63) is 48.7 Å². The van der Waals surface area contributed by atoms with Crippen molar-refractivity contribution in [1.82, 2.24) is 19.1 Å². The van der Waals surface area contributed by atoms with Gasteiger partial charge in [-0.15, -0.1) is 0 Å².